The van der Waals surface area contributed by atoms with Crippen LogP contribution >= 0.6 is 0 Å². The van der Waals surface area contributed by atoms with Crippen LogP contribution in [0.2, 0.25) is 0 Å². The van der Waals surface area contributed by atoms with Crippen molar-refractivity contribution in [2.45, 2.75) is 71.6 Å². The standard InChI is InChI=1S/C13H27F/c1-3-5-6-7-8-9-10-11-13(4-2)12-14/h13H,3-12H2,1-2H3. The van der Waals surface area contributed by atoms with E-state index in [-0.39, 0.29) is 6.67 Å². The SMILES string of the molecule is CCCCCCCCCC(CC)CF. The molecule has 0 radical (unpaired) electrons. The average Bonchev–Trinajstić information content (AvgIpc) is 2.22. The molecule has 0 nitrogen and oxygen atoms in total. The van der Waals surface area contributed by atoms with Crippen molar-refractivity contribution >= 4 is 0 Å². The van der Waals surface area contributed by atoms with Gasteiger partial charge in [-0.3, -0.25) is 4.39 Å². The second kappa shape index (κ2) is 11.0. The molecule has 0 aromatic rings. The third-order valence-corrected chi connectivity index (χ3v) is 3.01. The number of hydrogen-bond acceptors (Lipinski definition) is 0. The summed E-state index contributed by atoms with van der Waals surface area (Å²) in [5.41, 5.74) is 0. The summed E-state index contributed by atoms with van der Waals surface area (Å²) < 4.78 is 12.3. The van der Waals surface area contributed by atoms with Gasteiger partial charge in [0.25, 0.3) is 0 Å². The molecule has 0 amide bonds. The van der Waals surface area contributed by atoms with Gasteiger partial charge in [0, 0.05) is 0 Å². The fourth-order valence-corrected chi connectivity index (χ4v) is 1.78. The van der Waals surface area contributed by atoms with E-state index in [1.165, 1.54) is 44.9 Å². The van der Waals surface area contributed by atoms with Crippen LogP contribution < -0.4 is 0 Å². The average molecular weight is 202 g/mol. The number of rotatable bonds is 10. The number of unbranched alkanes of at least 4 members (excludes halogenated alkanes) is 6. The monoisotopic (exact) mass is 202 g/mol. The zero-order valence-electron chi connectivity index (χ0n) is 10.0. The molecule has 0 spiro atoms. The van der Waals surface area contributed by atoms with Gasteiger partial charge in [0.2, 0.25) is 0 Å². The molecule has 0 fully saturated rings. The van der Waals surface area contributed by atoms with Gasteiger partial charge in [0.15, 0.2) is 0 Å². The summed E-state index contributed by atoms with van der Waals surface area (Å²) in [4.78, 5) is 0. The van der Waals surface area contributed by atoms with Crippen molar-refractivity contribution in [3.05, 3.63) is 0 Å². The molecule has 1 heteroatoms. The van der Waals surface area contributed by atoms with Crippen molar-refractivity contribution in [3.63, 3.8) is 0 Å². The molecule has 0 heterocycles. The van der Waals surface area contributed by atoms with Crippen LogP contribution in [0.1, 0.15) is 71.6 Å². The normalized spacial score (nSPS) is 13.1. The highest BCUT2D eigenvalue weighted by atomic mass is 19.1. The van der Waals surface area contributed by atoms with Crippen LogP contribution in [0.15, 0.2) is 0 Å². The van der Waals surface area contributed by atoms with Crippen molar-refractivity contribution in [1.29, 1.82) is 0 Å². The van der Waals surface area contributed by atoms with E-state index in [1.54, 1.807) is 0 Å². The Labute approximate surface area is 89.3 Å². The van der Waals surface area contributed by atoms with Crippen molar-refractivity contribution in [1.82, 2.24) is 0 Å². The van der Waals surface area contributed by atoms with E-state index >= 15 is 0 Å². The Morgan fingerprint density at radius 2 is 1.43 bits per heavy atom. The van der Waals surface area contributed by atoms with Gasteiger partial charge in [-0.1, -0.05) is 65.2 Å². The molecular formula is C13H27F. The van der Waals surface area contributed by atoms with E-state index in [2.05, 4.69) is 13.8 Å². The van der Waals surface area contributed by atoms with Gasteiger partial charge >= 0.3 is 0 Å². The van der Waals surface area contributed by atoms with Gasteiger partial charge in [-0.2, -0.15) is 0 Å². The third kappa shape index (κ3) is 8.52. The topological polar surface area (TPSA) is 0 Å². The molecule has 0 aliphatic heterocycles. The summed E-state index contributed by atoms with van der Waals surface area (Å²) in [6, 6.07) is 0. The van der Waals surface area contributed by atoms with Crippen LogP contribution in [0.4, 0.5) is 4.39 Å². The summed E-state index contributed by atoms with van der Waals surface area (Å²) in [5.74, 6) is 0.339. The van der Waals surface area contributed by atoms with E-state index in [0.29, 0.717) is 5.92 Å². The quantitative estimate of drug-likeness (QED) is 0.431. The second-order valence-corrected chi connectivity index (χ2v) is 4.34. The Morgan fingerprint density at radius 3 is 1.93 bits per heavy atom. The summed E-state index contributed by atoms with van der Waals surface area (Å²) in [5, 5.41) is 0. The highest BCUT2D eigenvalue weighted by Gasteiger charge is 2.04. The van der Waals surface area contributed by atoms with Crippen LogP contribution in [0.25, 0.3) is 0 Å². The summed E-state index contributed by atoms with van der Waals surface area (Å²) in [6.07, 6.45) is 11.4. The molecular weight excluding hydrogens is 175 g/mol. The van der Waals surface area contributed by atoms with Crippen molar-refractivity contribution in [2.24, 2.45) is 5.92 Å². The lowest BCUT2D eigenvalue weighted by Crippen LogP contribution is -2.00. The summed E-state index contributed by atoms with van der Waals surface area (Å²) in [7, 11) is 0. The maximum atomic E-state index is 12.3. The molecule has 0 saturated heterocycles. The Hall–Kier alpha value is -0.0700. The zero-order chi connectivity index (χ0) is 10.6. The minimum absolute atomic E-state index is 0.119. The lowest BCUT2D eigenvalue weighted by molar-refractivity contribution is 0.326. The zero-order valence-corrected chi connectivity index (χ0v) is 10.0. The minimum atomic E-state index is -0.119. The molecule has 14 heavy (non-hydrogen) atoms. The summed E-state index contributed by atoms with van der Waals surface area (Å²) in [6.45, 7) is 4.21. The van der Waals surface area contributed by atoms with Crippen molar-refractivity contribution in [2.75, 3.05) is 6.67 Å². The lowest BCUT2D eigenvalue weighted by atomic mass is 9.99. The molecule has 0 bridgehead atoms. The van der Waals surface area contributed by atoms with E-state index in [4.69, 9.17) is 0 Å². The molecule has 0 aliphatic carbocycles. The molecule has 0 aromatic heterocycles. The van der Waals surface area contributed by atoms with Crippen molar-refractivity contribution in [3.8, 4) is 0 Å². The Balaban J connectivity index is 3.04. The number of hydrogen-bond donors (Lipinski definition) is 0. The Bertz CT molecular complexity index is 97.4. The van der Waals surface area contributed by atoms with E-state index in [0.717, 1.165) is 12.8 Å². The number of alkyl halides is 1. The van der Waals surface area contributed by atoms with Gasteiger partial charge in [-0.15, -0.1) is 0 Å². The minimum Gasteiger partial charge on any atom is -0.251 e. The molecule has 0 aliphatic rings. The molecule has 0 rings (SSSR count). The van der Waals surface area contributed by atoms with Gasteiger partial charge in [-0.05, 0) is 12.3 Å². The molecule has 86 valence electrons. The highest BCUT2D eigenvalue weighted by Crippen LogP contribution is 2.15. The molecule has 1 unspecified atom stereocenters. The molecule has 0 N–H and O–H groups in total. The maximum absolute atomic E-state index is 12.3. The van der Waals surface area contributed by atoms with E-state index in [1.807, 2.05) is 0 Å². The van der Waals surface area contributed by atoms with Gasteiger partial charge < -0.3 is 0 Å². The first kappa shape index (κ1) is 13.9. The van der Waals surface area contributed by atoms with Crippen molar-refractivity contribution < 1.29 is 4.39 Å². The first-order chi connectivity index (χ1) is 6.85. The Kier molecular flexibility index (Phi) is 11.0. The lowest BCUT2D eigenvalue weighted by Gasteiger charge is -2.09. The largest absolute Gasteiger partial charge is 0.251 e. The predicted octanol–water partition coefficient (Wildman–Crippen LogP) is 5.12. The second-order valence-electron chi connectivity index (χ2n) is 4.34. The summed E-state index contributed by atoms with van der Waals surface area (Å²) >= 11 is 0. The van der Waals surface area contributed by atoms with E-state index in [9.17, 15) is 4.39 Å². The first-order valence-corrected chi connectivity index (χ1v) is 6.41. The predicted molar refractivity (Wildman–Crippen MR) is 62.4 cm³/mol. The van der Waals surface area contributed by atoms with Crippen LogP contribution in [0.5, 0.6) is 0 Å². The van der Waals surface area contributed by atoms with Gasteiger partial charge in [0.1, 0.15) is 0 Å². The molecule has 0 aromatic carbocycles. The Morgan fingerprint density at radius 1 is 0.857 bits per heavy atom. The fourth-order valence-electron chi connectivity index (χ4n) is 1.78. The molecule has 1 atom stereocenters. The third-order valence-electron chi connectivity index (χ3n) is 3.01. The molecule has 0 saturated carbocycles. The smallest absolute Gasteiger partial charge is 0.0922 e. The highest BCUT2D eigenvalue weighted by molar-refractivity contribution is 4.55. The van der Waals surface area contributed by atoms with E-state index < -0.39 is 0 Å². The fraction of sp³-hybridized carbons (Fsp3) is 1.00. The van der Waals surface area contributed by atoms with Crippen LogP contribution in [-0.2, 0) is 0 Å². The first-order valence-electron chi connectivity index (χ1n) is 6.41. The maximum Gasteiger partial charge on any atom is 0.0922 e. The number of halogens is 1. The van der Waals surface area contributed by atoms with Gasteiger partial charge in [0.05, 0.1) is 6.67 Å². The van der Waals surface area contributed by atoms with Gasteiger partial charge in [-0.25, -0.2) is 0 Å². The van der Waals surface area contributed by atoms with Crippen LogP contribution in [-0.4, -0.2) is 6.67 Å². The van der Waals surface area contributed by atoms with Crippen LogP contribution in [0.3, 0.4) is 0 Å². The van der Waals surface area contributed by atoms with Crippen LogP contribution in [0, 0.1) is 5.92 Å².